The van der Waals surface area contributed by atoms with Crippen molar-refractivity contribution < 1.29 is 4.79 Å². The van der Waals surface area contributed by atoms with Crippen LogP contribution in [0.15, 0.2) is 48.8 Å². The van der Waals surface area contributed by atoms with Crippen molar-refractivity contribution in [1.29, 1.82) is 0 Å². The number of benzene rings is 1. The first kappa shape index (κ1) is 12.9. The van der Waals surface area contributed by atoms with Crippen LogP contribution in [0.3, 0.4) is 0 Å². The molecule has 1 aliphatic carbocycles. The minimum Gasteiger partial charge on any atom is -0.345 e. The number of carbonyl (C=O) groups excluding carboxylic acids is 1. The molecule has 0 unspecified atom stereocenters. The molecule has 1 amide bonds. The number of aromatic nitrogens is 1. The fourth-order valence-corrected chi connectivity index (χ4v) is 2.13. The quantitative estimate of drug-likeness (QED) is 0.845. The second-order valence-electron chi connectivity index (χ2n) is 5.26. The standard InChI is InChI=1S/C16H19N3O/c20-16(18-15-4-2-1-3-5-15)12-19-9-8-13(11-19)10-17-14-6-7-14/h1-5,8-9,11,14,17H,6-7,10,12H2,(H,18,20). The molecule has 1 aromatic heterocycles. The topological polar surface area (TPSA) is 46.1 Å². The van der Waals surface area contributed by atoms with Gasteiger partial charge in [0.25, 0.3) is 0 Å². The molecule has 0 spiro atoms. The monoisotopic (exact) mass is 269 g/mol. The number of nitrogens with zero attached hydrogens (tertiary/aromatic N) is 1. The van der Waals surface area contributed by atoms with Crippen molar-refractivity contribution in [2.24, 2.45) is 0 Å². The van der Waals surface area contributed by atoms with Gasteiger partial charge < -0.3 is 15.2 Å². The van der Waals surface area contributed by atoms with E-state index in [1.165, 1.54) is 18.4 Å². The lowest BCUT2D eigenvalue weighted by Gasteiger charge is -2.05. The summed E-state index contributed by atoms with van der Waals surface area (Å²) in [5.41, 5.74) is 2.06. The summed E-state index contributed by atoms with van der Waals surface area (Å²) in [5.74, 6) is -0.00602. The smallest absolute Gasteiger partial charge is 0.244 e. The fourth-order valence-electron chi connectivity index (χ4n) is 2.13. The van der Waals surface area contributed by atoms with Crippen LogP contribution in [0.2, 0.25) is 0 Å². The Bertz CT molecular complexity index is 572. The molecule has 1 aliphatic rings. The van der Waals surface area contributed by atoms with E-state index in [1.807, 2.05) is 47.3 Å². The lowest BCUT2D eigenvalue weighted by Crippen LogP contribution is -2.18. The summed E-state index contributed by atoms with van der Waals surface area (Å²) in [6.45, 7) is 1.23. The Balaban J connectivity index is 1.50. The molecule has 0 bridgehead atoms. The van der Waals surface area contributed by atoms with Gasteiger partial charge >= 0.3 is 0 Å². The van der Waals surface area contributed by atoms with E-state index in [-0.39, 0.29) is 5.91 Å². The van der Waals surface area contributed by atoms with Crippen LogP contribution in [-0.2, 0) is 17.9 Å². The first-order valence-corrected chi connectivity index (χ1v) is 7.02. The highest BCUT2D eigenvalue weighted by molar-refractivity contribution is 5.90. The van der Waals surface area contributed by atoms with Crippen LogP contribution in [0.5, 0.6) is 0 Å². The van der Waals surface area contributed by atoms with Crippen LogP contribution in [0.1, 0.15) is 18.4 Å². The summed E-state index contributed by atoms with van der Waals surface area (Å²) in [4.78, 5) is 11.9. The van der Waals surface area contributed by atoms with Crippen molar-refractivity contribution in [3.8, 4) is 0 Å². The molecular formula is C16H19N3O. The number of anilines is 1. The second kappa shape index (κ2) is 5.92. The van der Waals surface area contributed by atoms with Crippen LogP contribution < -0.4 is 10.6 Å². The highest BCUT2D eigenvalue weighted by atomic mass is 16.1. The molecule has 2 N–H and O–H groups in total. The summed E-state index contributed by atoms with van der Waals surface area (Å²) in [6.07, 6.45) is 6.56. The molecule has 4 heteroatoms. The average Bonchev–Trinajstić information content (AvgIpc) is 3.18. The summed E-state index contributed by atoms with van der Waals surface area (Å²) >= 11 is 0. The van der Waals surface area contributed by atoms with Crippen molar-refractivity contribution in [2.75, 3.05) is 5.32 Å². The van der Waals surface area contributed by atoms with Gasteiger partial charge in [-0.3, -0.25) is 4.79 Å². The molecule has 0 atom stereocenters. The van der Waals surface area contributed by atoms with Gasteiger partial charge in [-0.15, -0.1) is 0 Å². The first-order valence-electron chi connectivity index (χ1n) is 7.02. The Labute approximate surface area is 118 Å². The molecule has 20 heavy (non-hydrogen) atoms. The summed E-state index contributed by atoms with van der Waals surface area (Å²) in [6, 6.07) is 12.3. The van der Waals surface area contributed by atoms with Crippen molar-refractivity contribution in [3.63, 3.8) is 0 Å². The fraction of sp³-hybridized carbons (Fsp3) is 0.312. The molecule has 1 fully saturated rings. The van der Waals surface area contributed by atoms with E-state index in [9.17, 15) is 4.79 Å². The first-order chi connectivity index (χ1) is 9.79. The van der Waals surface area contributed by atoms with E-state index in [4.69, 9.17) is 0 Å². The van der Waals surface area contributed by atoms with E-state index in [0.29, 0.717) is 12.6 Å². The van der Waals surface area contributed by atoms with Crippen molar-refractivity contribution in [2.45, 2.75) is 32.0 Å². The van der Waals surface area contributed by atoms with Gasteiger partial charge in [0.1, 0.15) is 6.54 Å². The van der Waals surface area contributed by atoms with Gasteiger partial charge in [0.15, 0.2) is 0 Å². The number of rotatable bonds is 6. The number of carbonyl (C=O) groups is 1. The Hall–Kier alpha value is -2.07. The zero-order chi connectivity index (χ0) is 13.8. The normalized spacial score (nSPS) is 14.2. The molecule has 0 radical (unpaired) electrons. The summed E-state index contributed by atoms with van der Waals surface area (Å²) < 4.78 is 1.92. The lowest BCUT2D eigenvalue weighted by atomic mass is 10.3. The zero-order valence-corrected chi connectivity index (χ0v) is 11.4. The number of para-hydroxylation sites is 1. The van der Waals surface area contributed by atoms with Crippen LogP contribution >= 0.6 is 0 Å². The maximum atomic E-state index is 11.9. The highest BCUT2D eigenvalue weighted by Crippen LogP contribution is 2.19. The van der Waals surface area contributed by atoms with Crippen LogP contribution in [0.4, 0.5) is 5.69 Å². The van der Waals surface area contributed by atoms with E-state index in [2.05, 4.69) is 16.7 Å². The van der Waals surface area contributed by atoms with Gasteiger partial charge in [-0.05, 0) is 36.6 Å². The SMILES string of the molecule is O=C(Cn1ccc(CNC2CC2)c1)Nc1ccccc1. The Morgan fingerprint density at radius 2 is 2.00 bits per heavy atom. The van der Waals surface area contributed by atoms with Crippen LogP contribution in [0.25, 0.3) is 0 Å². The van der Waals surface area contributed by atoms with Crippen LogP contribution in [0, 0.1) is 0 Å². The number of nitrogens with one attached hydrogen (secondary N) is 2. The molecule has 4 nitrogen and oxygen atoms in total. The second-order valence-corrected chi connectivity index (χ2v) is 5.26. The molecule has 0 aliphatic heterocycles. The summed E-state index contributed by atoms with van der Waals surface area (Å²) in [5, 5.41) is 6.35. The third kappa shape index (κ3) is 3.71. The van der Waals surface area contributed by atoms with E-state index < -0.39 is 0 Å². The molecule has 0 saturated heterocycles. The molecule has 1 heterocycles. The predicted octanol–water partition coefficient (Wildman–Crippen LogP) is 2.38. The van der Waals surface area contributed by atoms with Crippen molar-refractivity contribution in [1.82, 2.24) is 9.88 Å². The Morgan fingerprint density at radius 3 is 2.75 bits per heavy atom. The predicted molar refractivity (Wildman–Crippen MR) is 79.4 cm³/mol. The molecule has 2 aromatic rings. The van der Waals surface area contributed by atoms with Gasteiger partial charge in [-0.25, -0.2) is 0 Å². The molecule has 1 aromatic carbocycles. The van der Waals surface area contributed by atoms with Gasteiger partial charge in [-0.2, -0.15) is 0 Å². The number of amides is 1. The van der Waals surface area contributed by atoms with Gasteiger partial charge in [0.05, 0.1) is 0 Å². The Morgan fingerprint density at radius 1 is 1.20 bits per heavy atom. The largest absolute Gasteiger partial charge is 0.345 e. The van der Waals surface area contributed by atoms with Gasteiger partial charge in [0.2, 0.25) is 5.91 Å². The maximum absolute atomic E-state index is 11.9. The lowest BCUT2D eigenvalue weighted by molar-refractivity contribution is -0.116. The minimum absolute atomic E-state index is 0.00602. The zero-order valence-electron chi connectivity index (χ0n) is 11.4. The third-order valence-corrected chi connectivity index (χ3v) is 3.37. The van der Waals surface area contributed by atoms with Gasteiger partial charge in [0, 0.05) is 30.7 Å². The van der Waals surface area contributed by atoms with Gasteiger partial charge in [-0.1, -0.05) is 18.2 Å². The third-order valence-electron chi connectivity index (χ3n) is 3.37. The highest BCUT2D eigenvalue weighted by Gasteiger charge is 2.20. The van der Waals surface area contributed by atoms with E-state index >= 15 is 0 Å². The molecule has 3 rings (SSSR count). The average molecular weight is 269 g/mol. The molecular weight excluding hydrogens is 250 g/mol. The Kier molecular flexibility index (Phi) is 3.83. The summed E-state index contributed by atoms with van der Waals surface area (Å²) in [7, 11) is 0. The van der Waals surface area contributed by atoms with Crippen LogP contribution in [-0.4, -0.2) is 16.5 Å². The van der Waals surface area contributed by atoms with E-state index in [1.54, 1.807) is 0 Å². The minimum atomic E-state index is -0.00602. The molecule has 104 valence electrons. The van der Waals surface area contributed by atoms with Crippen molar-refractivity contribution in [3.05, 3.63) is 54.4 Å². The molecule has 1 saturated carbocycles. The number of hydrogen-bond donors (Lipinski definition) is 2. The van der Waals surface area contributed by atoms with Crippen molar-refractivity contribution >= 4 is 11.6 Å². The number of hydrogen-bond acceptors (Lipinski definition) is 2. The maximum Gasteiger partial charge on any atom is 0.244 e. The van der Waals surface area contributed by atoms with E-state index in [0.717, 1.165) is 12.2 Å².